The Labute approximate surface area is 345 Å². The second-order valence-corrected chi connectivity index (χ2v) is 15.9. The number of rotatable bonds is 38. The van der Waals surface area contributed by atoms with E-state index in [2.05, 4.69) is 38.2 Å². The number of hydrogen-bond acceptors (Lipinski definition) is 10. The zero-order valence-electron chi connectivity index (χ0n) is 35.8. The number of carboxylic acids is 1. The zero-order valence-corrected chi connectivity index (χ0v) is 35.8. The largest absolute Gasteiger partial charge is 0.479 e. The number of aliphatic hydroxyl groups excluding tert-OH is 3. The minimum Gasteiger partial charge on any atom is -0.479 e. The average Bonchev–Trinajstić information content (AvgIpc) is 3.19. The van der Waals surface area contributed by atoms with Gasteiger partial charge in [0.15, 0.2) is 18.5 Å². The number of carbonyl (C=O) groups excluding carboxylic acids is 2. The minimum atomic E-state index is -1.86. The Balaban J connectivity index is 2.36. The summed E-state index contributed by atoms with van der Waals surface area (Å²) in [5, 5.41) is 39.8. The maximum atomic E-state index is 12.8. The lowest BCUT2D eigenvalue weighted by atomic mass is 9.99. The number of esters is 2. The van der Waals surface area contributed by atoms with Gasteiger partial charge in [0.1, 0.15) is 24.9 Å². The van der Waals surface area contributed by atoms with Crippen LogP contribution in [0.1, 0.15) is 200 Å². The van der Waals surface area contributed by atoms with E-state index in [4.69, 9.17) is 18.9 Å². The van der Waals surface area contributed by atoms with Gasteiger partial charge in [-0.1, -0.05) is 173 Å². The number of allylic oxidation sites excluding steroid dienone is 4. The van der Waals surface area contributed by atoms with E-state index in [0.717, 1.165) is 64.2 Å². The quantitative estimate of drug-likeness (QED) is 0.0266. The monoisotopic (exact) mass is 811 g/mol. The highest BCUT2D eigenvalue weighted by molar-refractivity contribution is 5.73. The van der Waals surface area contributed by atoms with Crippen molar-refractivity contribution in [3.63, 3.8) is 0 Å². The molecule has 1 rings (SSSR count). The highest BCUT2D eigenvalue weighted by Crippen LogP contribution is 2.23. The van der Waals surface area contributed by atoms with Gasteiger partial charge in [-0.15, -0.1) is 0 Å². The third-order valence-electron chi connectivity index (χ3n) is 10.6. The molecule has 6 unspecified atom stereocenters. The van der Waals surface area contributed by atoms with Crippen LogP contribution in [0.2, 0.25) is 0 Å². The molecule has 6 atom stereocenters. The number of carboxylic acid groups (broad SMARTS) is 1. The molecule has 11 nitrogen and oxygen atoms in total. The molecule has 11 heteroatoms. The van der Waals surface area contributed by atoms with Gasteiger partial charge in [-0.2, -0.15) is 0 Å². The van der Waals surface area contributed by atoms with Gasteiger partial charge >= 0.3 is 17.9 Å². The summed E-state index contributed by atoms with van der Waals surface area (Å²) < 4.78 is 21.7. The van der Waals surface area contributed by atoms with Gasteiger partial charge < -0.3 is 39.4 Å². The fourth-order valence-corrected chi connectivity index (χ4v) is 6.90. The summed E-state index contributed by atoms with van der Waals surface area (Å²) in [6.07, 6.45) is 30.8. The average molecular weight is 811 g/mol. The van der Waals surface area contributed by atoms with Crippen molar-refractivity contribution < 1.29 is 53.8 Å². The number of unbranched alkanes of at least 4 members (excludes halogenated alkanes) is 23. The van der Waals surface area contributed by atoms with E-state index in [1.54, 1.807) is 0 Å². The SMILES string of the molecule is CCCC/C=C\C/C=C\CCCCCCCC(=O)OCC(COC1OC(C(=O)O)C(O)C(O)C1O)OC(=O)CCCCCCCCCCCCCCCCCCC. The van der Waals surface area contributed by atoms with Crippen molar-refractivity contribution in [3.8, 4) is 0 Å². The van der Waals surface area contributed by atoms with Crippen LogP contribution in [-0.2, 0) is 33.3 Å². The van der Waals surface area contributed by atoms with Crippen LogP contribution in [0.15, 0.2) is 24.3 Å². The lowest BCUT2D eigenvalue weighted by Gasteiger charge is -2.38. The Hall–Kier alpha value is -2.31. The van der Waals surface area contributed by atoms with Crippen molar-refractivity contribution in [1.82, 2.24) is 0 Å². The van der Waals surface area contributed by atoms with Crippen LogP contribution in [0.5, 0.6) is 0 Å². The molecule has 0 bridgehead atoms. The normalized spacial score (nSPS) is 20.3. The number of aliphatic hydroxyl groups is 3. The van der Waals surface area contributed by atoms with Crippen LogP contribution in [0, 0.1) is 0 Å². The standard InChI is InChI=1S/C46H82O11/c1-3-5-7-9-11-13-15-17-19-20-21-23-25-27-29-31-33-35-40(48)56-38(37-55-46-43(51)41(49)42(50)44(57-46)45(52)53)36-54-39(47)34-32-30-28-26-24-22-18-16-14-12-10-8-6-4-2/h10,12,16,18,38,41-44,46,49-51H,3-9,11,13-15,17,19-37H2,1-2H3,(H,52,53)/b12-10-,18-16-. The first-order valence-corrected chi connectivity index (χ1v) is 22.9. The third-order valence-corrected chi connectivity index (χ3v) is 10.6. The van der Waals surface area contributed by atoms with Crippen LogP contribution < -0.4 is 0 Å². The Morgan fingerprint density at radius 1 is 0.544 bits per heavy atom. The molecule has 0 spiro atoms. The number of carbonyl (C=O) groups is 3. The molecule has 1 aliphatic rings. The predicted octanol–water partition coefficient (Wildman–Crippen LogP) is 9.82. The Morgan fingerprint density at radius 2 is 1.00 bits per heavy atom. The van der Waals surface area contributed by atoms with E-state index >= 15 is 0 Å². The highest BCUT2D eigenvalue weighted by atomic mass is 16.7. The Kier molecular flexibility index (Phi) is 34.0. The van der Waals surface area contributed by atoms with Crippen LogP contribution >= 0.6 is 0 Å². The summed E-state index contributed by atoms with van der Waals surface area (Å²) in [6, 6.07) is 0. The molecule has 0 amide bonds. The number of aliphatic carboxylic acids is 1. The number of hydrogen-bond donors (Lipinski definition) is 4. The maximum Gasteiger partial charge on any atom is 0.335 e. The van der Waals surface area contributed by atoms with Crippen molar-refractivity contribution in [2.75, 3.05) is 13.2 Å². The molecule has 1 heterocycles. The van der Waals surface area contributed by atoms with Crippen molar-refractivity contribution in [3.05, 3.63) is 24.3 Å². The Morgan fingerprint density at radius 3 is 1.51 bits per heavy atom. The molecule has 1 fully saturated rings. The second kappa shape index (κ2) is 36.7. The minimum absolute atomic E-state index is 0.184. The van der Waals surface area contributed by atoms with E-state index < -0.39 is 61.3 Å². The molecular formula is C46H82O11. The molecule has 0 aliphatic carbocycles. The summed E-state index contributed by atoms with van der Waals surface area (Å²) >= 11 is 0. The van der Waals surface area contributed by atoms with Gasteiger partial charge in [-0.05, 0) is 38.5 Å². The van der Waals surface area contributed by atoms with Crippen LogP contribution in [-0.4, -0.2) is 88.4 Å². The summed E-state index contributed by atoms with van der Waals surface area (Å²) in [7, 11) is 0. The summed E-state index contributed by atoms with van der Waals surface area (Å²) in [5.74, 6) is -2.45. The van der Waals surface area contributed by atoms with E-state index in [1.807, 2.05) is 0 Å². The first kappa shape index (κ1) is 52.7. The molecule has 0 aromatic heterocycles. The summed E-state index contributed by atoms with van der Waals surface area (Å²) in [5.41, 5.74) is 0. The molecule has 0 saturated carbocycles. The molecule has 0 radical (unpaired) electrons. The molecule has 1 aliphatic heterocycles. The fourth-order valence-electron chi connectivity index (χ4n) is 6.90. The highest BCUT2D eigenvalue weighted by Gasteiger charge is 2.47. The van der Waals surface area contributed by atoms with Crippen molar-refractivity contribution in [2.24, 2.45) is 0 Å². The third kappa shape index (κ3) is 28.7. The maximum absolute atomic E-state index is 12.8. The Bertz CT molecular complexity index is 1050. The van der Waals surface area contributed by atoms with E-state index in [0.29, 0.717) is 12.8 Å². The van der Waals surface area contributed by atoms with Crippen molar-refractivity contribution >= 4 is 17.9 Å². The van der Waals surface area contributed by atoms with Gasteiger partial charge in [0.2, 0.25) is 0 Å². The zero-order chi connectivity index (χ0) is 41.8. The fraction of sp³-hybridized carbons (Fsp3) is 0.848. The lowest BCUT2D eigenvalue weighted by molar-refractivity contribution is -0.298. The van der Waals surface area contributed by atoms with Gasteiger partial charge in [0.05, 0.1) is 6.61 Å². The number of ether oxygens (including phenoxy) is 4. The van der Waals surface area contributed by atoms with Gasteiger partial charge in [-0.3, -0.25) is 9.59 Å². The smallest absolute Gasteiger partial charge is 0.335 e. The van der Waals surface area contributed by atoms with Gasteiger partial charge in [0, 0.05) is 12.8 Å². The van der Waals surface area contributed by atoms with Crippen LogP contribution in [0.3, 0.4) is 0 Å². The lowest BCUT2D eigenvalue weighted by Crippen LogP contribution is -2.60. The predicted molar refractivity (Wildman–Crippen MR) is 225 cm³/mol. The van der Waals surface area contributed by atoms with E-state index in [-0.39, 0.29) is 19.4 Å². The molecule has 4 N–H and O–H groups in total. The summed E-state index contributed by atoms with van der Waals surface area (Å²) in [6.45, 7) is 3.77. The molecule has 1 saturated heterocycles. The van der Waals surface area contributed by atoms with Crippen LogP contribution in [0.25, 0.3) is 0 Å². The topological polar surface area (TPSA) is 169 Å². The van der Waals surface area contributed by atoms with Crippen molar-refractivity contribution in [1.29, 1.82) is 0 Å². The molecule has 57 heavy (non-hydrogen) atoms. The molecule has 0 aromatic carbocycles. The molecular weight excluding hydrogens is 728 g/mol. The summed E-state index contributed by atoms with van der Waals surface area (Å²) in [4.78, 5) is 36.8. The first-order valence-electron chi connectivity index (χ1n) is 22.9. The first-order chi connectivity index (χ1) is 27.7. The van der Waals surface area contributed by atoms with E-state index in [1.165, 1.54) is 96.3 Å². The van der Waals surface area contributed by atoms with Gasteiger partial charge in [-0.25, -0.2) is 4.79 Å². The van der Waals surface area contributed by atoms with Crippen LogP contribution in [0.4, 0.5) is 0 Å². The van der Waals surface area contributed by atoms with Crippen molar-refractivity contribution in [2.45, 2.75) is 237 Å². The second-order valence-electron chi connectivity index (χ2n) is 15.9. The van der Waals surface area contributed by atoms with E-state index in [9.17, 15) is 34.8 Å². The molecule has 332 valence electrons. The molecule has 0 aromatic rings. The van der Waals surface area contributed by atoms with Gasteiger partial charge in [0.25, 0.3) is 0 Å².